The first kappa shape index (κ1) is 21.2. The summed E-state index contributed by atoms with van der Waals surface area (Å²) in [5.74, 6) is -0.140. The van der Waals surface area contributed by atoms with Crippen molar-refractivity contribution < 1.29 is 9.69 Å². The highest BCUT2D eigenvalue weighted by Gasteiger charge is 2.11. The van der Waals surface area contributed by atoms with Crippen LogP contribution in [0, 0.1) is 6.92 Å². The lowest BCUT2D eigenvalue weighted by atomic mass is 10.1. The number of aromatic nitrogens is 2. The minimum atomic E-state index is -0.140. The lowest BCUT2D eigenvalue weighted by Crippen LogP contribution is -3.04. The maximum Gasteiger partial charge on any atom is 0.244 e. The van der Waals surface area contributed by atoms with Gasteiger partial charge in [-0.15, -0.1) is 0 Å². The second kappa shape index (κ2) is 10.3. The quantitative estimate of drug-likeness (QED) is 0.648. The van der Waals surface area contributed by atoms with Crippen LogP contribution in [0.3, 0.4) is 0 Å². The molecule has 5 nitrogen and oxygen atoms in total. The molecule has 2 N–H and O–H groups in total. The molecule has 6 heteroatoms. The summed E-state index contributed by atoms with van der Waals surface area (Å²) in [6, 6.07) is 8.20. The van der Waals surface area contributed by atoms with Crippen LogP contribution in [0.4, 0.5) is 0 Å². The Bertz CT molecular complexity index is 795. The van der Waals surface area contributed by atoms with Crippen molar-refractivity contribution in [3.63, 3.8) is 0 Å². The van der Waals surface area contributed by atoms with Crippen LogP contribution in [-0.2, 0) is 24.4 Å². The maximum atomic E-state index is 12.3. The Labute approximate surface area is 167 Å². The second-order valence-corrected chi connectivity index (χ2v) is 7.43. The molecular formula is C21H30ClN4O+. The Morgan fingerprint density at radius 3 is 2.67 bits per heavy atom. The van der Waals surface area contributed by atoms with Gasteiger partial charge in [-0.25, -0.2) is 0 Å². The SMILES string of the molecule is CCCCn1nc(C)c(/C=C/C(=O)NCc2ccccc2C[NH+](C)C)c1Cl. The molecule has 1 aromatic carbocycles. The van der Waals surface area contributed by atoms with Crippen molar-refractivity contribution in [2.45, 2.75) is 46.3 Å². The number of rotatable bonds is 9. The molecule has 0 saturated heterocycles. The van der Waals surface area contributed by atoms with Gasteiger partial charge in [-0.05, 0) is 25.0 Å². The molecule has 0 unspecified atom stereocenters. The Balaban J connectivity index is 2.00. The summed E-state index contributed by atoms with van der Waals surface area (Å²) in [5.41, 5.74) is 4.03. The standard InChI is InChI=1S/C21H29ClN4O/c1-5-6-13-26-21(22)19(16(2)24-26)11-12-20(27)23-14-17-9-7-8-10-18(17)15-25(3)4/h7-12H,5-6,13-15H2,1-4H3,(H,23,27)/p+1/b12-11+. The smallest absolute Gasteiger partial charge is 0.244 e. The number of halogens is 1. The molecule has 0 spiro atoms. The molecule has 1 aromatic heterocycles. The zero-order chi connectivity index (χ0) is 19.8. The number of carbonyl (C=O) groups excluding carboxylic acids is 1. The Kier molecular flexibility index (Phi) is 8.07. The Hall–Kier alpha value is -2.11. The highest BCUT2D eigenvalue weighted by atomic mass is 35.5. The van der Waals surface area contributed by atoms with Crippen LogP contribution in [0.15, 0.2) is 30.3 Å². The summed E-state index contributed by atoms with van der Waals surface area (Å²) in [6.45, 7) is 6.27. The van der Waals surface area contributed by atoms with Gasteiger partial charge in [0.2, 0.25) is 5.91 Å². The predicted octanol–water partition coefficient (Wildman–Crippen LogP) is 2.62. The van der Waals surface area contributed by atoms with Crippen LogP contribution in [0.1, 0.15) is 42.1 Å². The maximum absolute atomic E-state index is 12.3. The highest BCUT2D eigenvalue weighted by Crippen LogP contribution is 2.21. The van der Waals surface area contributed by atoms with Crippen LogP contribution >= 0.6 is 11.6 Å². The van der Waals surface area contributed by atoms with Crippen LogP contribution in [0.5, 0.6) is 0 Å². The molecule has 0 atom stereocenters. The monoisotopic (exact) mass is 389 g/mol. The predicted molar refractivity (Wildman–Crippen MR) is 111 cm³/mol. The summed E-state index contributed by atoms with van der Waals surface area (Å²) in [4.78, 5) is 13.6. The van der Waals surface area contributed by atoms with Crippen molar-refractivity contribution in [1.82, 2.24) is 15.1 Å². The minimum Gasteiger partial charge on any atom is -0.348 e. The fraction of sp³-hybridized carbons (Fsp3) is 0.429. The average molecular weight is 390 g/mol. The largest absolute Gasteiger partial charge is 0.348 e. The van der Waals surface area contributed by atoms with E-state index in [9.17, 15) is 4.79 Å². The van der Waals surface area contributed by atoms with E-state index in [-0.39, 0.29) is 5.91 Å². The molecule has 1 amide bonds. The summed E-state index contributed by atoms with van der Waals surface area (Å²) in [6.07, 6.45) is 5.39. The van der Waals surface area contributed by atoms with Gasteiger partial charge in [0, 0.05) is 30.3 Å². The number of hydrogen-bond donors (Lipinski definition) is 2. The van der Waals surface area contributed by atoms with Crippen molar-refractivity contribution in [1.29, 1.82) is 0 Å². The van der Waals surface area contributed by atoms with Gasteiger partial charge in [0.1, 0.15) is 11.7 Å². The van der Waals surface area contributed by atoms with Crippen molar-refractivity contribution in [2.24, 2.45) is 0 Å². The zero-order valence-corrected chi connectivity index (χ0v) is 17.4. The molecule has 0 aliphatic carbocycles. The van der Waals surface area contributed by atoms with Crippen LogP contribution in [0.25, 0.3) is 6.08 Å². The second-order valence-electron chi connectivity index (χ2n) is 7.07. The number of benzene rings is 1. The van der Waals surface area contributed by atoms with Gasteiger partial charge in [0.25, 0.3) is 0 Å². The van der Waals surface area contributed by atoms with E-state index in [0.717, 1.165) is 42.8 Å². The van der Waals surface area contributed by atoms with Gasteiger partial charge in [0.05, 0.1) is 19.8 Å². The zero-order valence-electron chi connectivity index (χ0n) is 16.7. The van der Waals surface area contributed by atoms with Crippen molar-refractivity contribution in [3.05, 3.63) is 57.9 Å². The number of aryl methyl sites for hydroxylation is 2. The number of quaternary nitrogens is 1. The van der Waals surface area contributed by atoms with Crippen LogP contribution < -0.4 is 10.2 Å². The summed E-state index contributed by atoms with van der Waals surface area (Å²) >= 11 is 6.41. The number of amides is 1. The van der Waals surface area contributed by atoms with Crippen molar-refractivity contribution in [2.75, 3.05) is 14.1 Å². The minimum absolute atomic E-state index is 0.140. The fourth-order valence-corrected chi connectivity index (χ4v) is 3.22. The van der Waals surface area contributed by atoms with E-state index in [1.807, 2.05) is 19.1 Å². The van der Waals surface area contributed by atoms with Crippen molar-refractivity contribution >= 4 is 23.6 Å². The van der Waals surface area contributed by atoms with E-state index in [2.05, 4.69) is 43.6 Å². The summed E-state index contributed by atoms with van der Waals surface area (Å²) in [7, 11) is 4.23. The summed E-state index contributed by atoms with van der Waals surface area (Å²) < 4.78 is 1.80. The molecule has 0 saturated carbocycles. The molecular weight excluding hydrogens is 360 g/mol. The van der Waals surface area contributed by atoms with E-state index >= 15 is 0 Å². The summed E-state index contributed by atoms with van der Waals surface area (Å²) in [5, 5.41) is 8.00. The Morgan fingerprint density at radius 1 is 1.30 bits per heavy atom. The molecule has 2 aromatic rings. The fourth-order valence-electron chi connectivity index (χ4n) is 2.90. The molecule has 27 heavy (non-hydrogen) atoms. The first-order chi connectivity index (χ1) is 12.9. The Morgan fingerprint density at radius 2 is 2.00 bits per heavy atom. The van der Waals surface area contributed by atoms with E-state index < -0.39 is 0 Å². The molecule has 0 aliphatic rings. The number of carbonyl (C=O) groups is 1. The van der Waals surface area contributed by atoms with Gasteiger partial charge in [-0.2, -0.15) is 5.10 Å². The number of nitrogens with one attached hydrogen (secondary N) is 2. The van der Waals surface area contributed by atoms with Gasteiger partial charge >= 0.3 is 0 Å². The van der Waals surface area contributed by atoms with Gasteiger partial charge < -0.3 is 10.2 Å². The third-order valence-corrected chi connectivity index (χ3v) is 4.75. The normalized spacial score (nSPS) is 11.5. The number of nitrogens with zero attached hydrogens (tertiary/aromatic N) is 2. The third kappa shape index (κ3) is 6.22. The lowest BCUT2D eigenvalue weighted by Gasteiger charge is -2.12. The highest BCUT2D eigenvalue weighted by molar-refractivity contribution is 6.31. The van der Waals surface area contributed by atoms with Crippen LogP contribution in [0.2, 0.25) is 5.15 Å². The van der Waals surface area contributed by atoms with E-state index in [1.165, 1.54) is 16.5 Å². The van der Waals surface area contributed by atoms with E-state index in [0.29, 0.717) is 11.7 Å². The topological polar surface area (TPSA) is 51.4 Å². The molecule has 146 valence electrons. The van der Waals surface area contributed by atoms with Gasteiger partial charge in [-0.3, -0.25) is 9.48 Å². The van der Waals surface area contributed by atoms with Crippen molar-refractivity contribution in [3.8, 4) is 0 Å². The van der Waals surface area contributed by atoms with Gasteiger partial charge in [-0.1, -0.05) is 49.2 Å². The molecule has 0 radical (unpaired) electrons. The van der Waals surface area contributed by atoms with Gasteiger partial charge in [0.15, 0.2) is 0 Å². The number of unbranched alkanes of at least 4 members (excludes halogenated alkanes) is 1. The first-order valence-corrected chi connectivity index (χ1v) is 9.84. The molecule has 2 rings (SSSR count). The third-order valence-electron chi connectivity index (χ3n) is 4.35. The van der Waals surface area contributed by atoms with Crippen LogP contribution in [-0.4, -0.2) is 29.8 Å². The molecule has 0 aliphatic heterocycles. The first-order valence-electron chi connectivity index (χ1n) is 9.47. The van der Waals surface area contributed by atoms with E-state index in [1.54, 1.807) is 10.8 Å². The molecule has 0 fully saturated rings. The molecule has 1 heterocycles. The molecule has 0 bridgehead atoms. The van der Waals surface area contributed by atoms with E-state index in [4.69, 9.17) is 11.6 Å². The lowest BCUT2D eigenvalue weighted by molar-refractivity contribution is -0.872. The average Bonchev–Trinajstić information content (AvgIpc) is 2.90. The number of hydrogen-bond acceptors (Lipinski definition) is 2.